The summed E-state index contributed by atoms with van der Waals surface area (Å²) in [5, 5.41) is 10.7. The number of esters is 1. The molecule has 10 heteroatoms. The molecule has 0 unspecified atom stereocenters. The maximum absolute atomic E-state index is 12.9. The van der Waals surface area contributed by atoms with Gasteiger partial charge in [-0.25, -0.2) is 13.2 Å². The molecule has 1 aliphatic heterocycles. The van der Waals surface area contributed by atoms with Gasteiger partial charge in [0.05, 0.1) is 15.4 Å². The number of rotatable bonds is 5. The van der Waals surface area contributed by atoms with Crippen LogP contribution in [0.4, 0.5) is 5.69 Å². The van der Waals surface area contributed by atoms with Crippen LogP contribution >= 0.6 is 15.9 Å². The third kappa shape index (κ3) is 4.40. The number of sulfonamides is 1. The number of ether oxygens (including phenoxy) is 1. The Bertz CT molecular complexity index is 1000. The lowest BCUT2D eigenvalue weighted by molar-refractivity contribution is -0.384. The van der Waals surface area contributed by atoms with Gasteiger partial charge in [-0.2, -0.15) is 4.31 Å². The first-order chi connectivity index (χ1) is 13.3. The van der Waals surface area contributed by atoms with Crippen molar-refractivity contribution < 1.29 is 22.9 Å². The first-order valence-corrected chi connectivity index (χ1v) is 10.8. The minimum Gasteiger partial charge on any atom is -0.423 e. The molecule has 0 aliphatic carbocycles. The van der Waals surface area contributed by atoms with Crippen molar-refractivity contribution in [1.29, 1.82) is 0 Å². The Balaban J connectivity index is 1.83. The number of carbonyl (C=O) groups is 1. The molecule has 8 nitrogen and oxygen atoms in total. The summed E-state index contributed by atoms with van der Waals surface area (Å²) in [4.78, 5) is 22.6. The van der Waals surface area contributed by atoms with Crippen LogP contribution in [0.1, 0.15) is 29.6 Å². The first-order valence-electron chi connectivity index (χ1n) is 8.55. The number of nitro benzene ring substituents is 1. The van der Waals surface area contributed by atoms with Crippen LogP contribution < -0.4 is 4.74 Å². The minimum absolute atomic E-state index is 0.00699. The van der Waals surface area contributed by atoms with Gasteiger partial charge < -0.3 is 4.74 Å². The van der Waals surface area contributed by atoms with Gasteiger partial charge in [-0.15, -0.1) is 0 Å². The molecule has 28 heavy (non-hydrogen) atoms. The zero-order valence-corrected chi connectivity index (χ0v) is 17.1. The maximum atomic E-state index is 12.9. The Morgan fingerprint density at radius 1 is 1.07 bits per heavy atom. The van der Waals surface area contributed by atoms with E-state index in [-0.39, 0.29) is 21.9 Å². The van der Waals surface area contributed by atoms with Crippen LogP contribution in [-0.2, 0) is 10.0 Å². The van der Waals surface area contributed by atoms with Crippen molar-refractivity contribution in [3.8, 4) is 5.75 Å². The number of nitrogens with zero attached hydrogens (tertiary/aromatic N) is 2. The van der Waals surface area contributed by atoms with Crippen LogP contribution in [0.15, 0.2) is 51.8 Å². The van der Waals surface area contributed by atoms with Crippen LogP contribution in [0.5, 0.6) is 5.75 Å². The van der Waals surface area contributed by atoms with E-state index >= 15 is 0 Å². The molecule has 0 aromatic heterocycles. The molecular weight excluding hydrogens is 452 g/mol. The summed E-state index contributed by atoms with van der Waals surface area (Å²) in [6, 6.07) is 9.27. The van der Waals surface area contributed by atoms with Gasteiger partial charge in [0.2, 0.25) is 10.0 Å². The van der Waals surface area contributed by atoms with E-state index in [0.717, 1.165) is 19.3 Å². The van der Waals surface area contributed by atoms with E-state index in [1.165, 1.54) is 46.8 Å². The molecule has 0 bridgehead atoms. The molecule has 2 aromatic rings. The summed E-state index contributed by atoms with van der Waals surface area (Å²) < 4.78 is 32.8. The molecule has 0 radical (unpaired) electrons. The lowest BCUT2D eigenvalue weighted by Gasteiger charge is -2.26. The highest BCUT2D eigenvalue weighted by atomic mass is 79.9. The van der Waals surface area contributed by atoms with E-state index in [4.69, 9.17) is 4.74 Å². The zero-order chi connectivity index (χ0) is 20.3. The van der Waals surface area contributed by atoms with Crippen molar-refractivity contribution >= 4 is 37.6 Å². The van der Waals surface area contributed by atoms with Crippen molar-refractivity contribution in [2.75, 3.05) is 13.1 Å². The largest absolute Gasteiger partial charge is 0.423 e. The molecule has 0 saturated carbocycles. The topological polar surface area (TPSA) is 107 Å². The normalized spacial score (nSPS) is 15.2. The Morgan fingerprint density at radius 3 is 2.32 bits per heavy atom. The fraction of sp³-hybridized carbons (Fsp3) is 0.278. The lowest BCUT2D eigenvalue weighted by Crippen LogP contribution is -2.35. The first kappa shape index (κ1) is 20.4. The molecule has 1 heterocycles. The van der Waals surface area contributed by atoms with E-state index in [2.05, 4.69) is 15.9 Å². The van der Waals surface area contributed by atoms with E-state index in [1.54, 1.807) is 0 Å². The van der Waals surface area contributed by atoms with E-state index < -0.39 is 20.9 Å². The summed E-state index contributed by atoms with van der Waals surface area (Å²) in [5.74, 6) is -0.629. The zero-order valence-electron chi connectivity index (χ0n) is 14.7. The second-order valence-corrected chi connectivity index (χ2v) is 9.01. The smallest absolute Gasteiger partial charge is 0.343 e. The Morgan fingerprint density at radius 2 is 1.71 bits per heavy atom. The number of non-ortho nitro benzene ring substituents is 1. The van der Waals surface area contributed by atoms with Gasteiger partial charge in [0.1, 0.15) is 5.75 Å². The number of piperidine rings is 1. The SMILES string of the molecule is O=C(Oc1ccc([N+](=O)[O-])cc1)c1ccc(Br)c(S(=O)(=O)N2CCCCC2)c1. The Hall–Kier alpha value is -2.30. The van der Waals surface area contributed by atoms with Crippen LogP contribution in [0, 0.1) is 10.1 Å². The van der Waals surface area contributed by atoms with Gasteiger partial charge in [0.15, 0.2) is 0 Å². The number of hydrogen-bond acceptors (Lipinski definition) is 6. The predicted molar refractivity (Wildman–Crippen MR) is 105 cm³/mol. The molecule has 0 N–H and O–H groups in total. The van der Waals surface area contributed by atoms with E-state index in [0.29, 0.717) is 17.6 Å². The highest BCUT2D eigenvalue weighted by Gasteiger charge is 2.28. The van der Waals surface area contributed by atoms with Crippen molar-refractivity contribution in [3.05, 3.63) is 62.6 Å². The van der Waals surface area contributed by atoms with Crippen LogP contribution in [0.2, 0.25) is 0 Å². The van der Waals surface area contributed by atoms with E-state index in [9.17, 15) is 23.3 Å². The average Bonchev–Trinajstić information content (AvgIpc) is 2.69. The van der Waals surface area contributed by atoms with Crippen molar-refractivity contribution in [1.82, 2.24) is 4.31 Å². The molecule has 1 saturated heterocycles. The molecule has 0 spiro atoms. The molecule has 0 atom stereocenters. The fourth-order valence-corrected chi connectivity index (χ4v) is 5.34. The standard InChI is InChI=1S/C18H17BrN2O6S/c19-16-9-4-13(12-17(16)28(25,26)20-10-2-1-3-11-20)18(22)27-15-7-5-14(6-8-15)21(23)24/h4-9,12H,1-3,10-11H2. The summed E-state index contributed by atoms with van der Waals surface area (Å²) >= 11 is 3.25. The van der Waals surface area contributed by atoms with Crippen LogP contribution in [0.3, 0.4) is 0 Å². The quantitative estimate of drug-likeness (QED) is 0.286. The molecule has 2 aromatic carbocycles. The highest BCUT2D eigenvalue weighted by Crippen LogP contribution is 2.29. The van der Waals surface area contributed by atoms with Crippen LogP contribution in [0.25, 0.3) is 0 Å². The summed E-state index contributed by atoms with van der Waals surface area (Å²) in [7, 11) is -3.73. The molecule has 3 rings (SSSR count). The van der Waals surface area contributed by atoms with Crippen molar-refractivity contribution in [2.24, 2.45) is 0 Å². The monoisotopic (exact) mass is 468 g/mol. The van der Waals surface area contributed by atoms with E-state index in [1.807, 2.05) is 0 Å². The van der Waals surface area contributed by atoms with Crippen LogP contribution in [-0.4, -0.2) is 36.7 Å². The third-order valence-corrected chi connectivity index (χ3v) is 7.25. The molecule has 0 amide bonds. The second-order valence-electron chi connectivity index (χ2n) is 6.25. The molecule has 1 aliphatic rings. The van der Waals surface area contributed by atoms with Gasteiger partial charge in [0, 0.05) is 29.7 Å². The van der Waals surface area contributed by atoms with Gasteiger partial charge in [-0.1, -0.05) is 6.42 Å². The third-order valence-electron chi connectivity index (χ3n) is 4.36. The second kappa shape index (κ2) is 8.38. The molecular formula is C18H17BrN2O6S. The number of halogens is 1. The number of nitro groups is 1. The van der Waals surface area contributed by atoms with Crippen molar-refractivity contribution in [2.45, 2.75) is 24.2 Å². The number of benzene rings is 2. The van der Waals surface area contributed by atoms with Gasteiger partial charge in [0.25, 0.3) is 5.69 Å². The Labute approximate surface area is 170 Å². The van der Waals surface area contributed by atoms with Crippen molar-refractivity contribution in [3.63, 3.8) is 0 Å². The fourth-order valence-electron chi connectivity index (χ4n) is 2.87. The summed E-state index contributed by atoms with van der Waals surface area (Å²) in [6.07, 6.45) is 2.60. The minimum atomic E-state index is -3.73. The predicted octanol–water partition coefficient (Wildman–Crippen LogP) is 3.75. The summed E-state index contributed by atoms with van der Waals surface area (Å²) in [6.45, 7) is 0.901. The lowest BCUT2D eigenvalue weighted by atomic mass is 10.2. The number of hydrogen-bond donors (Lipinski definition) is 0. The molecule has 1 fully saturated rings. The summed E-state index contributed by atoms with van der Waals surface area (Å²) in [5.41, 5.74) is -0.0597. The van der Waals surface area contributed by atoms with Gasteiger partial charge in [-0.05, 0) is 59.1 Å². The number of carbonyl (C=O) groups excluding carboxylic acids is 1. The Kier molecular flexibility index (Phi) is 6.11. The maximum Gasteiger partial charge on any atom is 0.343 e. The highest BCUT2D eigenvalue weighted by molar-refractivity contribution is 9.10. The van der Waals surface area contributed by atoms with Gasteiger partial charge >= 0.3 is 5.97 Å². The molecule has 148 valence electrons. The average molecular weight is 469 g/mol. The van der Waals surface area contributed by atoms with Gasteiger partial charge in [-0.3, -0.25) is 10.1 Å².